The summed E-state index contributed by atoms with van der Waals surface area (Å²) in [5.41, 5.74) is 6.11. The first-order valence-electron chi connectivity index (χ1n) is 4.61. The summed E-state index contributed by atoms with van der Waals surface area (Å²) in [5, 5.41) is 0. The largest absolute Gasteiger partial charge is 0.401 e. The first-order chi connectivity index (χ1) is 7.26. The number of nitrogens with zero attached hydrogens (tertiary/aromatic N) is 3. The molecule has 0 bridgehead atoms. The second kappa shape index (κ2) is 4.65. The lowest BCUT2D eigenvalue weighted by molar-refractivity contribution is -0.144. The quantitative estimate of drug-likeness (QED) is 0.858. The zero-order valence-corrected chi connectivity index (χ0v) is 9.04. The van der Waals surface area contributed by atoms with E-state index in [1.165, 1.54) is 7.05 Å². The smallest absolute Gasteiger partial charge is 0.384 e. The topological polar surface area (TPSA) is 55.0 Å². The Morgan fingerprint density at radius 2 is 2.00 bits per heavy atom. The van der Waals surface area contributed by atoms with Crippen LogP contribution in [0.25, 0.3) is 0 Å². The molecule has 90 valence electrons. The van der Waals surface area contributed by atoms with Crippen molar-refractivity contribution in [3.8, 4) is 0 Å². The molecule has 0 aliphatic heterocycles. The molecule has 1 rings (SSSR count). The fourth-order valence-electron chi connectivity index (χ4n) is 1.33. The Labute approximate surface area is 91.3 Å². The van der Waals surface area contributed by atoms with E-state index < -0.39 is 12.7 Å². The van der Waals surface area contributed by atoms with Crippen LogP contribution in [0.5, 0.6) is 0 Å². The summed E-state index contributed by atoms with van der Waals surface area (Å²) < 4.78 is 36.2. The van der Waals surface area contributed by atoms with Gasteiger partial charge in [0.05, 0.1) is 13.1 Å². The summed E-state index contributed by atoms with van der Waals surface area (Å²) in [4.78, 5) is 8.96. The van der Waals surface area contributed by atoms with Crippen LogP contribution in [0.4, 0.5) is 19.0 Å². The first-order valence-corrected chi connectivity index (χ1v) is 4.61. The highest BCUT2D eigenvalue weighted by Crippen LogP contribution is 2.16. The number of nitrogens with two attached hydrogens (primary N) is 1. The Hall–Kier alpha value is -1.37. The summed E-state index contributed by atoms with van der Waals surface area (Å²) in [5.74, 6) is 0.562. The van der Waals surface area contributed by atoms with E-state index in [9.17, 15) is 13.2 Å². The lowest BCUT2D eigenvalue weighted by Gasteiger charge is -2.17. The van der Waals surface area contributed by atoms with E-state index in [0.717, 1.165) is 4.90 Å². The number of halogens is 3. The average molecular weight is 234 g/mol. The molecule has 0 saturated heterocycles. The van der Waals surface area contributed by atoms with Gasteiger partial charge >= 0.3 is 6.18 Å². The van der Waals surface area contributed by atoms with E-state index in [2.05, 4.69) is 9.97 Å². The second-order valence-corrected chi connectivity index (χ2v) is 3.64. The lowest BCUT2D eigenvalue weighted by Crippen LogP contribution is -2.31. The van der Waals surface area contributed by atoms with Gasteiger partial charge in [0.15, 0.2) is 0 Å². The SMILES string of the molecule is Cc1cc(N)nc(CN(C)CC(F)(F)F)n1. The summed E-state index contributed by atoms with van der Waals surface area (Å²) in [7, 11) is 1.36. The monoisotopic (exact) mass is 234 g/mol. The fourth-order valence-corrected chi connectivity index (χ4v) is 1.33. The minimum atomic E-state index is -4.22. The molecule has 0 aliphatic carbocycles. The van der Waals surface area contributed by atoms with Crippen LogP contribution < -0.4 is 5.73 Å². The number of hydrogen-bond donors (Lipinski definition) is 1. The Morgan fingerprint density at radius 1 is 1.38 bits per heavy atom. The maximum Gasteiger partial charge on any atom is 0.401 e. The normalized spacial score (nSPS) is 12.1. The van der Waals surface area contributed by atoms with Gasteiger partial charge in [0.25, 0.3) is 0 Å². The molecule has 0 aromatic carbocycles. The van der Waals surface area contributed by atoms with Gasteiger partial charge in [-0.25, -0.2) is 9.97 Å². The molecule has 0 aliphatic rings. The molecule has 0 atom stereocenters. The van der Waals surface area contributed by atoms with Gasteiger partial charge in [0.1, 0.15) is 11.6 Å². The highest BCUT2D eigenvalue weighted by molar-refractivity contribution is 5.29. The molecule has 0 spiro atoms. The summed E-state index contributed by atoms with van der Waals surface area (Å²) in [6, 6.07) is 1.56. The molecule has 0 amide bonds. The van der Waals surface area contributed by atoms with E-state index in [1.54, 1.807) is 13.0 Å². The van der Waals surface area contributed by atoms with Crippen molar-refractivity contribution in [1.82, 2.24) is 14.9 Å². The van der Waals surface area contributed by atoms with Crippen molar-refractivity contribution in [2.75, 3.05) is 19.3 Å². The van der Waals surface area contributed by atoms with Crippen molar-refractivity contribution in [2.24, 2.45) is 0 Å². The van der Waals surface area contributed by atoms with Gasteiger partial charge in [-0.1, -0.05) is 0 Å². The van der Waals surface area contributed by atoms with E-state index in [4.69, 9.17) is 5.73 Å². The third-order valence-corrected chi connectivity index (χ3v) is 1.78. The molecular formula is C9H13F3N4. The molecule has 7 heteroatoms. The average Bonchev–Trinajstić information content (AvgIpc) is 1.96. The third kappa shape index (κ3) is 4.43. The predicted molar refractivity (Wildman–Crippen MR) is 53.6 cm³/mol. The Balaban J connectivity index is 2.66. The number of anilines is 1. The van der Waals surface area contributed by atoms with Gasteiger partial charge in [-0.15, -0.1) is 0 Å². The van der Waals surface area contributed by atoms with Crippen molar-refractivity contribution >= 4 is 5.82 Å². The minimum absolute atomic E-state index is 0.0192. The maximum absolute atomic E-state index is 12.1. The number of aryl methyl sites for hydroxylation is 1. The van der Waals surface area contributed by atoms with Crippen LogP contribution in [0.15, 0.2) is 6.07 Å². The molecule has 1 aromatic heterocycles. The molecule has 1 aromatic rings. The zero-order valence-electron chi connectivity index (χ0n) is 9.04. The van der Waals surface area contributed by atoms with Crippen LogP contribution in [0.3, 0.4) is 0 Å². The van der Waals surface area contributed by atoms with Crippen LogP contribution in [0.2, 0.25) is 0 Å². The molecule has 0 unspecified atom stereocenters. The second-order valence-electron chi connectivity index (χ2n) is 3.64. The first kappa shape index (κ1) is 12.7. The molecule has 0 saturated carbocycles. The number of hydrogen-bond acceptors (Lipinski definition) is 4. The third-order valence-electron chi connectivity index (χ3n) is 1.78. The molecule has 1 heterocycles. The molecular weight excluding hydrogens is 221 g/mol. The Bertz CT molecular complexity index is 344. The summed E-state index contributed by atoms with van der Waals surface area (Å²) >= 11 is 0. The summed E-state index contributed by atoms with van der Waals surface area (Å²) in [6.07, 6.45) is -4.22. The van der Waals surface area contributed by atoms with Crippen molar-refractivity contribution < 1.29 is 13.2 Å². The van der Waals surface area contributed by atoms with Gasteiger partial charge < -0.3 is 5.73 Å². The predicted octanol–water partition coefficient (Wildman–Crippen LogP) is 1.36. The van der Waals surface area contributed by atoms with E-state index in [-0.39, 0.29) is 12.4 Å². The molecule has 0 fully saturated rings. The van der Waals surface area contributed by atoms with Crippen LogP contribution in [0.1, 0.15) is 11.5 Å². The molecule has 16 heavy (non-hydrogen) atoms. The number of alkyl halides is 3. The van der Waals surface area contributed by atoms with E-state index in [1.807, 2.05) is 0 Å². The number of nitrogen functional groups attached to an aromatic ring is 1. The van der Waals surface area contributed by atoms with E-state index >= 15 is 0 Å². The van der Waals surface area contributed by atoms with Gasteiger partial charge in [-0.05, 0) is 14.0 Å². The summed E-state index contributed by atoms with van der Waals surface area (Å²) in [6.45, 7) is 0.737. The highest BCUT2D eigenvalue weighted by Gasteiger charge is 2.29. The van der Waals surface area contributed by atoms with Crippen molar-refractivity contribution in [1.29, 1.82) is 0 Å². The fraction of sp³-hybridized carbons (Fsp3) is 0.556. The minimum Gasteiger partial charge on any atom is -0.384 e. The maximum atomic E-state index is 12.1. The van der Waals surface area contributed by atoms with Crippen LogP contribution in [0, 0.1) is 6.92 Å². The lowest BCUT2D eigenvalue weighted by atomic mass is 10.4. The van der Waals surface area contributed by atoms with Crippen molar-refractivity contribution in [3.63, 3.8) is 0 Å². The molecule has 0 radical (unpaired) electrons. The zero-order chi connectivity index (χ0) is 12.3. The Kier molecular flexibility index (Phi) is 3.69. The van der Waals surface area contributed by atoms with Crippen LogP contribution in [-0.4, -0.2) is 34.6 Å². The van der Waals surface area contributed by atoms with Crippen molar-refractivity contribution in [3.05, 3.63) is 17.6 Å². The van der Waals surface area contributed by atoms with Gasteiger partial charge in [0, 0.05) is 11.8 Å². The van der Waals surface area contributed by atoms with Gasteiger partial charge in [0.2, 0.25) is 0 Å². The Morgan fingerprint density at radius 3 is 2.50 bits per heavy atom. The standard InChI is InChI=1S/C9H13F3N4/c1-6-3-7(13)15-8(14-6)4-16(2)5-9(10,11)12/h3H,4-5H2,1-2H3,(H2,13,14,15). The van der Waals surface area contributed by atoms with Crippen LogP contribution in [-0.2, 0) is 6.54 Å². The van der Waals surface area contributed by atoms with Gasteiger partial charge in [-0.3, -0.25) is 4.90 Å². The van der Waals surface area contributed by atoms with Crippen molar-refractivity contribution in [2.45, 2.75) is 19.6 Å². The number of rotatable bonds is 3. The van der Waals surface area contributed by atoms with Crippen LogP contribution >= 0.6 is 0 Å². The number of aromatic nitrogens is 2. The van der Waals surface area contributed by atoms with Gasteiger partial charge in [-0.2, -0.15) is 13.2 Å². The highest BCUT2D eigenvalue weighted by atomic mass is 19.4. The van der Waals surface area contributed by atoms with E-state index in [0.29, 0.717) is 11.5 Å². The molecule has 2 N–H and O–H groups in total. The molecule has 4 nitrogen and oxygen atoms in total.